The molecule has 0 radical (unpaired) electrons. The van der Waals surface area contributed by atoms with E-state index in [0.29, 0.717) is 6.42 Å². The molecule has 0 aromatic carbocycles. The minimum absolute atomic E-state index is 0.0997. The molecule has 2 nitrogen and oxygen atoms in total. The summed E-state index contributed by atoms with van der Waals surface area (Å²) in [4.78, 5) is 1.02. The highest BCUT2D eigenvalue weighted by molar-refractivity contribution is 7.16. The molecule has 0 spiro atoms. The third kappa shape index (κ3) is 2.20. The molecular formula is C8H12ClNOS. The quantitative estimate of drug-likeness (QED) is 0.793. The van der Waals surface area contributed by atoms with E-state index in [1.807, 2.05) is 19.1 Å². The van der Waals surface area contributed by atoms with E-state index in [2.05, 4.69) is 0 Å². The number of nitrogens with two attached hydrogens (primary N) is 1. The van der Waals surface area contributed by atoms with Gasteiger partial charge in [0.25, 0.3) is 0 Å². The zero-order chi connectivity index (χ0) is 9.19. The van der Waals surface area contributed by atoms with Crippen molar-refractivity contribution in [1.29, 1.82) is 0 Å². The fourth-order valence-electron chi connectivity index (χ4n) is 0.977. The van der Waals surface area contributed by atoms with Crippen molar-refractivity contribution in [3.63, 3.8) is 0 Å². The molecule has 0 fully saturated rings. The van der Waals surface area contributed by atoms with Crippen molar-refractivity contribution in [2.45, 2.75) is 18.9 Å². The summed E-state index contributed by atoms with van der Waals surface area (Å²) in [5, 5.41) is 8.76. The van der Waals surface area contributed by atoms with Crippen LogP contribution >= 0.6 is 22.9 Å². The maximum absolute atomic E-state index is 8.76. The molecule has 4 heteroatoms. The highest BCUT2D eigenvalue weighted by atomic mass is 35.5. The lowest BCUT2D eigenvalue weighted by atomic mass is 9.98. The van der Waals surface area contributed by atoms with Gasteiger partial charge in [-0.2, -0.15) is 0 Å². The Morgan fingerprint density at radius 3 is 2.75 bits per heavy atom. The van der Waals surface area contributed by atoms with Crippen molar-refractivity contribution in [2.75, 3.05) is 6.61 Å². The third-order valence-corrected chi connectivity index (χ3v) is 3.28. The van der Waals surface area contributed by atoms with Crippen LogP contribution in [0.5, 0.6) is 0 Å². The fourth-order valence-corrected chi connectivity index (χ4v) is 2.11. The first-order valence-corrected chi connectivity index (χ1v) is 4.91. The first-order valence-electron chi connectivity index (χ1n) is 3.72. The highest BCUT2D eigenvalue weighted by Crippen LogP contribution is 2.30. The van der Waals surface area contributed by atoms with Crippen LogP contribution in [0.3, 0.4) is 0 Å². The topological polar surface area (TPSA) is 46.2 Å². The van der Waals surface area contributed by atoms with Crippen molar-refractivity contribution < 1.29 is 5.11 Å². The Morgan fingerprint density at radius 1 is 1.67 bits per heavy atom. The van der Waals surface area contributed by atoms with Gasteiger partial charge >= 0.3 is 0 Å². The highest BCUT2D eigenvalue weighted by Gasteiger charge is 2.21. The molecular weight excluding hydrogens is 194 g/mol. The Labute approximate surface area is 81.0 Å². The van der Waals surface area contributed by atoms with Crippen LogP contribution < -0.4 is 5.73 Å². The molecule has 0 aliphatic carbocycles. The Balaban J connectivity index is 2.81. The van der Waals surface area contributed by atoms with Gasteiger partial charge < -0.3 is 10.8 Å². The van der Waals surface area contributed by atoms with Crippen LogP contribution in [0.15, 0.2) is 12.1 Å². The Kier molecular flexibility index (Phi) is 3.12. The minimum atomic E-state index is -0.452. The summed E-state index contributed by atoms with van der Waals surface area (Å²) in [6.45, 7) is 1.99. The predicted molar refractivity (Wildman–Crippen MR) is 52.6 cm³/mol. The second kappa shape index (κ2) is 3.75. The van der Waals surface area contributed by atoms with Gasteiger partial charge in [-0.1, -0.05) is 11.6 Å². The van der Waals surface area contributed by atoms with Gasteiger partial charge in [0.2, 0.25) is 0 Å². The number of halogens is 1. The first-order chi connectivity index (χ1) is 5.56. The first kappa shape index (κ1) is 9.99. The molecule has 1 heterocycles. The Morgan fingerprint density at radius 2 is 2.33 bits per heavy atom. The van der Waals surface area contributed by atoms with E-state index in [9.17, 15) is 0 Å². The summed E-state index contributed by atoms with van der Waals surface area (Å²) in [5.41, 5.74) is 5.50. The van der Waals surface area contributed by atoms with Gasteiger partial charge in [-0.3, -0.25) is 0 Å². The van der Waals surface area contributed by atoms with Crippen molar-refractivity contribution in [3.05, 3.63) is 21.3 Å². The molecule has 0 amide bonds. The SMILES string of the molecule is CC(N)(CCO)c1ccc(Cl)s1. The van der Waals surface area contributed by atoms with Gasteiger partial charge in [0.05, 0.1) is 4.34 Å². The van der Waals surface area contributed by atoms with Crippen molar-refractivity contribution in [2.24, 2.45) is 5.73 Å². The van der Waals surface area contributed by atoms with E-state index < -0.39 is 5.54 Å². The van der Waals surface area contributed by atoms with Crippen LogP contribution in [-0.4, -0.2) is 11.7 Å². The molecule has 0 bridgehead atoms. The standard InChI is InChI=1S/C8H12ClNOS/c1-8(10,4-5-11)6-2-3-7(9)12-6/h2-3,11H,4-5,10H2,1H3. The van der Waals surface area contributed by atoms with Crippen LogP contribution in [-0.2, 0) is 5.54 Å². The molecule has 12 heavy (non-hydrogen) atoms. The van der Waals surface area contributed by atoms with Crippen molar-refractivity contribution >= 4 is 22.9 Å². The van der Waals surface area contributed by atoms with Gasteiger partial charge in [0, 0.05) is 17.0 Å². The predicted octanol–water partition coefficient (Wildman–Crippen LogP) is 1.96. The number of thiophene rings is 1. The number of aliphatic hydroxyl groups is 1. The molecule has 1 aromatic heterocycles. The average Bonchev–Trinajstić information content (AvgIpc) is 2.36. The fraction of sp³-hybridized carbons (Fsp3) is 0.500. The molecule has 1 atom stereocenters. The molecule has 1 unspecified atom stereocenters. The molecule has 3 N–H and O–H groups in total. The number of aliphatic hydroxyl groups excluding tert-OH is 1. The van der Waals surface area contributed by atoms with Gasteiger partial charge in [-0.05, 0) is 25.5 Å². The average molecular weight is 206 g/mol. The molecule has 0 saturated heterocycles. The normalized spacial score (nSPS) is 16.0. The second-order valence-electron chi connectivity index (χ2n) is 2.99. The van der Waals surface area contributed by atoms with Crippen molar-refractivity contribution in [3.8, 4) is 0 Å². The summed E-state index contributed by atoms with van der Waals surface area (Å²) in [5.74, 6) is 0. The lowest BCUT2D eigenvalue weighted by Crippen LogP contribution is -2.32. The zero-order valence-electron chi connectivity index (χ0n) is 6.88. The largest absolute Gasteiger partial charge is 0.396 e. The van der Waals surface area contributed by atoms with Crippen LogP contribution in [0, 0.1) is 0 Å². The van der Waals surface area contributed by atoms with Gasteiger partial charge in [0.15, 0.2) is 0 Å². The number of rotatable bonds is 3. The van der Waals surface area contributed by atoms with E-state index in [4.69, 9.17) is 22.4 Å². The summed E-state index contributed by atoms with van der Waals surface area (Å²) >= 11 is 7.23. The lowest BCUT2D eigenvalue weighted by Gasteiger charge is -2.21. The Hall–Kier alpha value is -0.0900. The van der Waals surface area contributed by atoms with E-state index in [0.717, 1.165) is 9.21 Å². The maximum atomic E-state index is 8.76. The van der Waals surface area contributed by atoms with Crippen LogP contribution in [0.25, 0.3) is 0 Å². The van der Waals surface area contributed by atoms with Crippen LogP contribution in [0.2, 0.25) is 4.34 Å². The van der Waals surface area contributed by atoms with E-state index in [1.165, 1.54) is 11.3 Å². The molecule has 68 valence electrons. The van der Waals surface area contributed by atoms with E-state index >= 15 is 0 Å². The molecule has 1 rings (SSSR count). The Bertz CT molecular complexity index is 259. The summed E-state index contributed by atoms with van der Waals surface area (Å²) in [7, 11) is 0. The van der Waals surface area contributed by atoms with Gasteiger partial charge in [0.1, 0.15) is 0 Å². The van der Waals surface area contributed by atoms with Crippen LogP contribution in [0.4, 0.5) is 0 Å². The monoisotopic (exact) mass is 205 g/mol. The smallest absolute Gasteiger partial charge is 0.0931 e. The minimum Gasteiger partial charge on any atom is -0.396 e. The van der Waals surface area contributed by atoms with E-state index in [1.54, 1.807) is 0 Å². The lowest BCUT2D eigenvalue weighted by molar-refractivity contribution is 0.249. The molecule has 1 aromatic rings. The molecule has 0 saturated carbocycles. The number of hydrogen-bond donors (Lipinski definition) is 2. The summed E-state index contributed by atoms with van der Waals surface area (Å²) in [6.07, 6.45) is 0.559. The summed E-state index contributed by atoms with van der Waals surface area (Å²) < 4.78 is 0.736. The second-order valence-corrected chi connectivity index (χ2v) is 4.71. The van der Waals surface area contributed by atoms with Crippen LogP contribution in [0.1, 0.15) is 18.2 Å². The van der Waals surface area contributed by atoms with Gasteiger partial charge in [-0.15, -0.1) is 11.3 Å². The van der Waals surface area contributed by atoms with Gasteiger partial charge in [-0.25, -0.2) is 0 Å². The third-order valence-electron chi connectivity index (χ3n) is 1.77. The van der Waals surface area contributed by atoms with E-state index in [-0.39, 0.29) is 6.61 Å². The zero-order valence-corrected chi connectivity index (χ0v) is 8.45. The molecule has 0 aliphatic heterocycles. The number of hydrogen-bond acceptors (Lipinski definition) is 3. The molecule has 0 aliphatic rings. The summed E-state index contributed by atoms with van der Waals surface area (Å²) in [6, 6.07) is 3.73. The maximum Gasteiger partial charge on any atom is 0.0931 e. The van der Waals surface area contributed by atoms with Crippen molar-refractivity contribution in [1.82, 2.24) is 0 Å².